The van der Waals surface area contributed by atoms with Crippen LogP contribution in [0, 0.1) is 11.7 Å². The number of Topliss-reactive ketones (excluding diaryl/α,β-unsaturated/α-hetero) is 1. The fourth-order valence-electron chi connectivity index (χ4n) is 5.47. The van der Waals surface area contributed by atoms with E-state index in [2.05, 4.69) is 4.98 Å². The average molecular weight is 562 g/mol. The zero-order valence-corrected chi connectivity index (χ0v) is 22.8. The van der Waals surface area contributed by atoms with Gasteiger partial charge in [0.2, 0.25) is 0 Å². The number of nitrogens with two attached hydrogens (primary N) is 1. The van der Waals surface area contributed by atoms with Crippen LogP contribution in [0.2, 0.25) is 0 Å². The maximum Gasteiger partial charge on any atom is 0.338 e. The number of halogens is 1. The quantitative estimate of drug-likeness (QED) is 0.323. The summed E-state index contributed by atoms with van der Waals surface area (Å²) < 4.78 is 24.7. The summed E-state index contributed by atoms with van der Waals surface area (Å²) in [5, 5.41) is 1.89. The van der Waals surface area contributed by atoms with E-state index in [4.69, 9.17) is 15.2 Å². The first-order valence-electron chi connectivity index (χ1n) is 13.0. The Morgan fingerprint density at radius 1 is 1.10 bits per heavy atom. The molecular formula is C30H28FN3O5S. The molecule has 3 atom stereocenters. The van der Waals surface area contributed by atoms with Gasteiger partial charge in [-0.05, 0) is 67.6 Å². The SMILES string of the molecule is CCOC(=O)C1=C(N)N(c2ccc(F)cc2)C2=C(C(=O)[C@@H](C(=O)OCC)[C@H](c3cccs3)C2)[C@@H]1c1cccnc1. The third-order valence-corrected chi connectivity index (χ3v) is 8.09. The highest BCUT2D eigenvalue weighted by Crippen LogP contribution is 2.52. The molecule has 0 radical (unpaired) electrons. The minimum Gasteiger partial charge on any atom is -0.465 e. The number of benzene rings is 1. The van der Waals surface area contributed by atoms with Gasteiger partial charge in [-0.3, -0.25) is 19.5 Å². The van der Waals surface area contributed by atoms with Crippen LogP contribution in [0.4, 0.5) is 10.1 Å². The predicted octanol–water partition coefficient (Wildman–Crippen LogP) is 4.81. The molecule has 0 spiro atoms. The number of pyridine rings is 1. The molecule has 0 unspecified atom stereocenters. The lowest BCUT2D eigenvalue weighted by atomic mass is 9.68. The zero-order valence-electron chi connectivity index (χ0n) is 22.0. The second-order valence-corrected chi connectivity index (χ2v) is 10.3. The molecule has 1 aliphatic carbocycles. The van der Waals surface area contributed by atoms with E-state index in [0.717, 1.165) is 4.88 Å². The van der Waals surface area contributed by atoms with Gasteiger partial charge in [-0.25, -0.2) is 9.18 Å². The predicted molar refractivity (Wildman–Crippen MR) is 148 cm³/mol. The van der Waals surface area contributed by atoms with E-state index >= 15 is 0 Å². The van der Waals surface area contributed by atoms with E-state index in [0.29, 0.717) is 16.9 Å². The average Bonchev–Trinajstić information content (AvgIpc) is 3.49. The normalized spacial score (nSPS) is 20.8. The van der Waals surface area contributed by atoms with Crippen LogP contribution in [0.5, 0.6) is 0 Å². The minimum atomic E-state index is -1.13. The van der Waals surface area contributed by atoms with Crippen LogP contribution in [-0.4, -0.2) is 35.9 Å². The van der Waals surface area contributed by atoms with Gasteiger partial charge >= 0.3 is 11.9 Å². The van der Waals surface area contributed by atoms with Crippen molar-refractivity contribution in [2.75, 3.05) is 18.1 Å². The van der Waals surface area contributed by atoms with Crippen LogP contribution in [0.25, 0.3) is 0 Å². The molecule has 10 heteroatoms. The number of thiophene rings is 1. The molecular weight excluding hydrogens is 533 g/mol. The lowest BCUT2D eigenvalue weighted by molar-refractivity contribution is -0.152. The Bertz CT molecular complexity index is 1490. The Hall–Kier alpha value is -4.31. The van der Waals surface area contributed by atoms with Gasteiger partial charge < -0.3 is 15.2 Å². The van der Waals surface area contributed by atoms with E-state index in [1.54, 1.807) is 43.3 Å². The Kier molecular flexibility index (Phi) is 7.79. The number of allylic oxidation sites excluding steroid dienone is 2. The first-order valence-corrected chi connectivity index (χ1v) is 13.8. The number of anilines is 1. The number of aromatic nitrogens is 1. The number of esters is 2. The molecule has 0 fully saturated rings. The Labute approximate surface area is 234 Å². The number of hydrogen-bond donors (Lipinski definition) is 1. The van der Waals surface area contributed by atoms with Crippen molar-refractivity contribution in [1.29, 1.82) is 0 Å². The standard InChI is InChI=1S/C30H28FN3O5S/c1-3-38-29(36)24-20(22-8-6-14-40-22)15-21-25(27(24)35)23(17-7-5-13-33-16-17)26(30(37)39-4-2)28(32)34(21)19-11-9-18(31)10-12-19/h5-14,16,20,23-24H,3-4,15,32H2,1-2H3/t20-,23-,24-/m0/s1. The molecule has 0 amide bonds. The van der Waals surface area contributed by atoms with Gasteiger partial charge in [0, 0.05) is 40.1 Å². The molecule has 2 aromatic heterocycles. The fraction of sp³-hybridized carbons (Fsp3) is 0.267. The van der Waals surface area contributed by atoms with E-state index < -0.39 is 41.3 Å². The maximum absolute atomic E-state index is 14.6. The number of rotatable bonds is 7. The van der Waals surface area contributed by atoms with Crippen molar-refractivity contribution in [3.8, 4) is 0 Å². The summed E-state index contributed by atoms with van der Waals surface area (Å²) in [5.41, 5.74) is 8.58. The van der Waals surface area contributed by atoms with Crippen LogP contribution in [0.3, 0.4) is 0 Å². The van der Waals surface area contributed by atoms with E-state index in [-0.39, 0.29) is 36.6 Å². The number of carbonyl (C=O) groups is 3. The van der Waals surface area contributed by atoms with E-state index in [1.807, 2.05) is 17.5 Å². The summed E-state index contributed by atoms with van der Waals surface area (Å²) in [6.45, 7) is 3.55. The lowest BCUT2D eigenvalue weighted by Crippen LogP contribution is -2.46. The third kappa shape index (κ3) is 4.79. The van der Waals surface area contributed by atoms with Gasteiger partial charge in [-0.1, -0.05) is 12.1 Å². The molecule has 3 heterocycles. The van der Waals surface area contributed by atoms with E-state index in [1.165, 1.54) is 35.6 Å². The minimum absolute atomic E-state index is 0.0449. The van der Waals surface area contributed by atoms with Gasteiger partial charge in [0.15, 0.2) is 5.78 Å². The molecule has 0 saturated carbocycles. The Morgan fingerprint density at radius 2 is 1.85 bits per heavy atom. The molecule has 0 bridgehead atoms. The van der Waals surface area contributed by atoms with Crippen molar-refractivity contribution < 1.29 is 28.2 Å². The summed E-state index contributed by atoms with van der Waals surface area (Å²) in [6.07, 6.45) is 3.39. The van der Waals surface area contributed by atoms with Crippen LogP contribution in [0.15, 0.2) is 89.0 Å². The number of ketones is 1. The lowest BCUT2D eigenvalue weighted by Gasteiger charge is -2.43. The summed E-state index contributed by atoms with van der Waals surface area (Å²) in [4.78, 5) is 48.0. The first kappa shape index (κ1) is 27.3. The monoisotopic (exact) mass is 561 g/mol. The summed E-state index contributed by atoms with van der Waals surface area (Å²) in [5.74, 6) is -4.78. The van der Waals surface area contributed by atoms with Gasteiger partial charge in [-0.15, -0.1) is 11.3 Å². The van der Waals surface area contributed by atoms with Crippen molar-refractivity contribution in [3.05, 3.63) is 105 Å². The highest BCUT2D eigenvalue weighted by atomic mass is 32.1. The van der Waals surface area contributed by atoms with Crippen molar-refractivity contribution in [1.82, 2.24) is 4.98 Å². The summed E-state index contributed by atoms with van der Waals surface area (Å²) >= 11 is 1.44. The van der Waals surface area contributed by atoms with Crippen molar-refractivity contribution >= 4 is 34.7 Å². The number of hydrogen-bond acceptors (Lipinski definition) is 9. The second kappa shape index (κ2) is 11.4. The zero-order chi connectivity index (χ0) is 28.4. The van der Waals surface area contributed by atoms with Gasteiger partial charge in [0.05, 0.1) is 24.7 Å². The third-order valence-electron chi connectivity index (χ3n) is 7.09. The second-order valence-electron chi connectivity index (χ2n) is 9.33. The topological polar surface area (TPSA) is 112 Å². The Morgan fingerprint density at radius 3 is 2.48 bits per heavy atom. The van der Waals surface area contributed by atoms with Crippen molar-refractivity contribution in [2.24, 2.45) is 11.7 Å². The van der Waals surface area contributed by atoms with E-state index in [9.17, 15) is 18.8 Å². The highest BCUT2D eigenvalue weighted by Gasteiger charge is 2.51. The molecule has 1 aliphatic heterocycles. The van der Waals surface area contributed by atoms with Crippen LogP contribution >= 0.6 is 11.3 Å². The molecule has 8 nitrogen and oxygen atoms in total. The fourth-order valence-corrected chi connectivity index (χ4v) is 6.34. The molecule has 3 aromatic rings. The molecule has 40 heavy (non-hydrogen) atoms. The highest BCUT2D eigenvalue weighted by molar-refractivity contribution is 7.10. The smallest absolute Gasteiger partial charge is 0.338 e. The molecule has 2 N–H and O–H groups in total. The van der Waals surface area contributed by atoms with Crippen LogP contribution in [0.1, 0.15) is 42.5 Å². The number of nitrogens with zero attached hydrogens (tertiary/aromatic N) is 2. The van der Waals surface area contributed by atoms with Gasteiger partial charge in [0.25, 0.3) is 0 Å². The van der Waals surface area contributed by atoms with Crippen molar-refractivity contribution in [2.45, 2.75) is 32.1 Å². The molecule has 1 aromatic carbocycles. The van der Waals surface area contributed by atoms with Crippen LogP contribution in [-0.2, 0) is 23.9 Å². The largest absolute Gasteiger partial charge is 0.465 e. The number of carbonyl (C=O) groups excluding carboxylic acids is 3. The summed E-state index contributed by atoms with van der Waals surface area (Å²) in [6, 6.07) is 12.8. The molecule has 206 valence electrons. The summed E-state index contributed by atoms with van der Waals surface area (Å²) in [7, 11) is 0. The van der Waals surface area contributed by atoms with Gasteiger partial charge in [0.1, 0.15) is 17.6 Å². The number of ether oxygens (including phenoxy) is 2. The van der Waals surface area contributed by atoms with Gasteiger partial charge in [-0.2, -0.15) is 0 Å². The Balaban J connectivity index is 1.80. The maximum atomic E-state index is 14.6. The molecule has 2 aliphatic rings. The molecule has 0 saturated heterocycles. The van der Waals surface area contributed by atoms with Crippen molar-refractivity contribution in [3.63, 3.8) is 0 Å². The molecule has 5 rings (SSSR count). The first-order chi connectivity index (χ1) is 19.4. The van der Waals surface area contributed by atoms with Crippen LogP contribution < -0.4 is 10.6 Å².